The fraction of sp³-hybridized carbons (Fsp3) is 0.167. The summed E-state index contributed by atoms with van der Waals surface area (Å²) in [5, 5.41) is 14.6. The highest BCUT2D eigenvalue weighted by atomic mass is 32.1. The van der Waals surface area contributed by atoms with Gasteiger partial charge in [-0.1, -0.05) is 0 Å². The summed E-state index contributed by atoms with van der Waals surface area (Å²) in [5.74, 6) is 0.592. The van der Waals surface area contributed by atoms with Crippen LogP contribution in [0.5, 0.6) is 5.75 Å². The Bertz CT molecular complexity index is 540. The first kappa shape index (κ1) is 12.5. The fourth-order valence-electron chi connectivity index (χ4n) is 1.52. The summed E-state index contributed by atoms with van der Waals surface area (Å²) in [6.07, 6.45) is 0. The van der Waals surface area contributed by atoms with Crippen LogP contribution in [0.4, 0.5) is 5.69 Å². The van der Waals surface area contributed by atoms with Crippen molar-refractivity contribution in [3.05, 3.63) is 56.3 Å². The van der Waals surface area contributed by atoms with E-state index in [2.05, 4.69) is 0 Å². The van der Waals surface area contributed by atoms with E-state index in [-0.39, 0.29) is 12.2 Å². The first-order chi connectivity index (χ1) is 8.70. The molecule has 0 aliphatic rings. The van der Waals surface area contributed by atoms with E-state index in [4.69, 9.17) is 10.5 Å². The van der Waals surface area contributed by atoms with Gasteiger partial charge in [0.05, 0.1) is 4.92 Å². The maximum absolute atomic E-state index is 10.7. The third-order valence-corrected chi connectivity index (χ3v) is 3.18. The molecule has 2 aromatic rings. The zero-order valence-corrected chi connectivity index (χ0v) is 10.4. The molecule has 2 rings (SSSR count). The molecule has 0 aliphatic carbocycles. The second-order valence-electron chi connectivity index (χ2n) is 3.67. The van der Waals surface area contributed by atoms with Crippen LogP contribution in [0.25, 0.3) is 0 Å². The Morgan fingerprint density at radius 2 is 2.22 bits per heavy atom. The average molecular weight is 264 g/mol. The molecule has 0 unspecified atom stereocenters. The molecule has 5 nitrogen and oxygen atoms in total. The van der Waals surface area contributed by atoms with Crippen LogP contribution in [-0.4, -0.2) is 4.92 Å². The number of nitrogens with zero attached hydrogens (tertiary/aromatic N) is 1. The van der Waals surface area contributed by atoms with Gasteiger partial charge in [0.15, 0.2) is 0 Å². The van der Waals surface area contributed by atoms with Gasteiger partial charge < -0.3 is 10.5 Å². The number of rotatable bonds is 5. The number of nitro benzene ring substituents is 1. The number of hydrogen-bond acceptors (Lipinski definition) is 5. The molecule has 18 heavy (non-hydrogen) atoms. The molecule has 0 bridgehead atoms. The predicted octanol–water partition coefficient (Wildman–Crippen LogP) is 2.69. The van der Waals surface area contributed by atoms with Gasteiger partial charge in [-0.3, -0.25) is 10.1 Å². The Hall–Kier alpha value is -1.92. The number of thiophene rings is 1. The zero-order chi connectivity index (χ0) is 13.0. The number of ether oxygens (including phenoxy) is 1. The molecule has 1 heterocycles. The first-order valence-corrected chi connectivity index (χ1v) is 6.26. The molecule has 2 N–H and O–H groups in total. The van der Waals surface area contributed by atoms with Crippen LogP contribution in [0.2, 0.25) is 0 Å². The van der Waals surface area contributed by atoms with Gasteiger partial charge in [-0.2, -0.15) is 11.3 Å². The minimum absolute atomic E-state index is 0.0262. The summed E-state index contributed by atoms with van der Waals surface area (Å²) in [4.78, 5) is 10.2. The number of nitro groups is 1. The largest absolute Gasteiger partial charge is 0.489 e. The van der Waals surface area contributed by atoms with Gasteiger partial charge in [-0.05, 0) is 28.5 Å². The molecule has 0 saturated heterocycles. The van der Waals surface area contributed by atoms with Crippen molar-refractivity contribution < 1.29 is 9.66 Å². The molecule has 0 spiro atoms. The third-order valence-electron chi connectivity index (χ3n) is 2.45. The van der Waals surface area contributed by atoms with Gasteiger partial charge in [-0.15, -0.1) is 0 Å². The molecule has 0 fully saturated rings. The molecule has 0 aliphatic heterocycles. The van der Waals surface area contributed by atoms with Gasteiger partial charge in [0, 0.05) is 24.2 Å². The van der Waals surface area contributed by atoms with Crippen molar-refractivity contribution >= 4 is 17.0 Å². The number of hydrogen-bond donors (Lipinski definition) is 1. The molecule has 1 aromatic heterocycles. The summed E-state index contributed by atoms with van der Waals surface area (Å²) in [7, 11) is 0. The van der Waals surface area contributed by atoms with Gasteiger partial charge in [0.2, 0.25) is 0 Å². The highest BCUT2D eigenvalue weighted by Gasteiger charge is 2.10. The van der Waals surface area contributed by atoms with Crippen LogP contribution in [-0.2, 0) is 13.2 Å². The number of non-ortho nitro benzene ring substituents is 1. The SMILES string of the molecule is NCc1cc([N+](=O)[O-])ccc1OCc1ccsc1. The standard InChI is InChI=1S/C12H12N2O3S/c13-6-10-5-11(14(15)16)1-2-12(10)17-7-9-3-4-18-8-9/h1-5,8H,6-7,13H2. The van der Waals surface area contributed by atoms with Gasteiger partial charge in [0.25, 0.3) is 5.69 Å². The molecule has 1 aromatic carbocycles. The molecular weight excluding hydrogens is 252 g/mol. The molecule has 94 valence electrons. The highest BCUT2D eigenvalue weighted by molar-refractivity contribution is 7.07. The molecule has 0 saturated carbocycles. The van der Waals surface area contributed by atoms with Crippen LogP contribution >= 0.6 is 11.3 Å². The lowest BCUT2D eigenvalue weighted by molar-refractivity contribution is -0.384. The second-order valence-corrected chi connectivity index (χ2v) is 4.45. The third kappa shape index (κ3) is 2.85. The maximum Gasteiger partial charge on any atom is 0.270 e. The van der Waals surface area contributed by atoms with E-state index >= 15 is 0 Å². The normalized spacial score (nSPS) is 10.3. The molecule has 0 radical (unpaired) electrons. The van der Waals surface area contributed by atoms with Crippen LogP contribution in [0, 0.1) is 10.1 Å². The Morgan fingerprint density at radius 1 is 1.39 bits per heavy atom. The smallest absolute Gasteiger partial charge is 0.270 e. The highest BCUT2D eigenvalue weighted by Crippen LogP contribution is 2.24. The van der Waals surface area contributed by atoms with Crippen molar-refractivity contribution in [3.8, 4) is 5.75 Å². The number of nitrogens with two attached hydrogens (primary N) is 1. The molecule has 0 atom stereocenters. The van der Waals surface area contributed by atoms with Crippen molar-refractivity contribution in [2.75, 3.05) is 0 Å². The van der Waals surface area contributed by atoms with Gasteiger partial charge in [-0.25, -0.2) is 0 Å². The quantitative estimate of drug-likeness (QED) is 0.665. The van der Waals surface area contributed by atoms with Crippen molar-refractivity contribution in [2.24, 2.45) is 5.73 Å². The lowest BCUT2D eigenvalue weighted by atomic mass is 10.2. The zero-order valence-electron chi connectivity index (χ0n) is 9.54. The van der Waals surface area contributed by atoms with Crippen LogP contribution in [0.15, 0.2) is 35.0 Å². The Kier molecular flexibility index (Phi) is 3.91. The minimum atomic E-state index is -0.443. The topological polar surface area (TPSA) is 78.4 Å². The summed E-state index contributed by atoms with van der Waals surface area (Å²) in [6.45, 7) is 0.648. The van der Waals surface area contributed by atoms with Crippen molar-refractivity contribution in [1.82, 2.24) is 0 Å². The van der Waals surface area contributed by atoms with Crippen LogP contribution in [0.1, 0.15) is 11.1 Å². The van der Waals surface area contributed by atoms with Gasteiger partial charge in [0.1, 0.15) is 12.4 Å². The first-order valence-electron chi connectivity index (χ1n) is 5.32. The second kappa shape index (κ2) is 5.61. The molecular formula is C12H12N2O3S. The van der Waals surface area contributed by atoms with Gasteiger partial charge >= 0.3 is 0 Å². The van der Waals surface area contributed by atoms with E-state index in [1.54, 1.807) is 17.4 Å². The molecule has 0 amide bonds. The number of benzene rings is 1. The van der Waals surface area contributed by atoms with Crippen molar-refractivity contribution in [2.45, 2.75) is 13.2 Å². The predicted molar refractivity (Wildman–Crippen MR) is 69.6 cm³/mol. The lowest BCUT2D eigenvalue weighted by Gasteiger charge is -2.09. The van der Waals surface area contributed by atoms with Crippen LogP contribution < -0.4 is 10.5 Å². The van der Waals surface area contributed by atoms with Crippen LogP contribution in [0.3, 0.4) is 0 Å². The average Bonchev–Trinajstić information content (AvgIpc) is 2.89. The van der Waals surface area contributed by atoms with E-state index in [9.17, 15) is 10.1 Å². The fourth-order valence-corrected chi connectivity index (χ4v) is 2.17. The van der Waals surface area contributed by atoms with E-state index < -0.39 is 4.92 Å². The summed E-state index contributed by atoms with van der Waals surface area (Å²) < 4.78 is 5.61. The maximum atomic E-state index is 10.7. The van der Waals surface area contributed by atoms with Crippen molar-refractivity contribution in [3.63, 3.8) is 0 Å². The van der Waals surface area contributed by atoms with E-state index in [1.165, 1.54) is 12.1 Å². The monoisotopic (exact) mass is 264 g/mol. The van der Waals surface area contributed by atoms with Crippen molar-refractivity contribution in [1.29, 1.82) is 0 Å². The summed E-state index contributed by atoms with van der Waals surface area (Å²) >= 11 is 1.60. The Morgan fingerprint density at radius 3 is 2.83 bits per heavy atom. The Labute approximate surface area is 108 Å². The summed E-state index contributed by atoms with van der Waals surface area (Å²) in [5.41, 5.74) is 7.30. The lowest BCUT2D eigenvalue weighted by Crippen LogP contribution is -2.03. The van der Waals surface area contributed by atoms with E-state index in [0.717, 1.165) is 5.56 Å². The molecule has 6 heteroatoms. The Balaban J connectivity index is 2.14. The van der Waals surface area contributed by atoms with E-state index in [0.29, 0.717) is 17.9 Å². The van der Waals surface area contributed by atoms with E-state index in [1.807, 2.05) is 16.8 Å². The summed E-state index contributed by atoms with van der Waals surface area (Å²) in [6, 6.07) is 6.43. The minimum Gasteiger partial charge on any atom is -0.489 e.